The van der Waals surface area contributed by atoms with Crippen LogP contribution in [0.25, 0.3) is 0 Å². The van der Waals surface area contributed by atoms with Gasteiger partial charge in [-0.1, -0.05) is 72.8 Å². The number of carbonyl (C=O) groups is 2. The van der Waals surface area contributed by atoms with Crippen LogP contribution < -0.4 is 5.32 Å². The van der Waals surface area contributed by atoms with E-state index in [1.165, 1.54) is 29.4 Å². The molecule has 0 aliphatic rings. The fourth-order valence-corrected chi connectivity index (χ4v) is 3.96. The van der Waals surface area contributed by atoms with Gasteiger partial charge in [-0.05, 0) is 35.4 Å². The van der Waals surface area contributed by atoms with Crippen LogP contribution in [0.3, 0.4) is 0 Å². The van der Waals surface area contributed by atoms with E-state index in [1.807, 2.05) is 60.7 Å². The lowest BCUT2D eigenvalue weighted by Gasteiger charge is -2.27. The van der Waals surface area contributed by atoms with Crippen molar-refractivity contribution in [2.45, 2.75) is 18.6 Å². The van der Waals surface area contributed by atoms with Crippen LogP contribution in [0.1, 0.15) is 28.4 Å². The standard InChI is InChI=1S/C28H23F3N2O3/c29-28(30,31)23-15-7-8-16-24(23)32-25(34)19-33(18-22-14-9-17-36-22)27(35)26(20-10-3-1-4-11-20)21-12-5-2-6-13-21/h1-17,26H,18-19H2,(H,32,34). The first kappa shape index (κ1) is 24.8. The van der Waals surface area contributed by atoms with Crippen LogP contribution in [0, 0.1) is 0 Å². The van der Waals surface area contributed by atoms with Crippen LogP contribution in [0.2, 0.25) is 0 Å². The van der Waals surface area contributed by atoms with E-state index >= 15 is 0 Å². The Bertz CT molecular complexity index is 1250. The Hall–Kier alpha value is -4.33. The fraction of sp³-hybridized carbons (Fsp3) is 0.143. The molecule has 36 heavy (non-hydrogen) atoms. The van der Waals surface area contributed by atoms with E-state index in [9.17, 15) is 22.8 Å². The van der Waals surface area contributed by atoms with Crippen molar-refractivity contribution >= 4 is 17.5 Å². The third kappa shape index (κ3) is 6.02. The van der Waals surface area contributed by atoms with Crippen molar-refractivity contribution in [3.63, 3.8) is 0 Å². The van der Waals surface area contributed by atoms with E-state index in [4.69, 9.17) is 4.42 Å². The number of nitrogens with zero attached hydrogens (tertiary/aromatic N) is 1. The zero-order valence-electron chi connectivity index (χ0n) is 19.1. The molecule has 4 aromatic rings. The molecule has 0 fully saturated rings. The van der Waals surface area contributed by atoms with Crippen LogP contribution in [0.15, 0.2) is 108 Å². The van der Waals surface area contributed by atoms with Gasteiger partial charge in [-0.2, -0.15) is 13.2 Å². The fourth-order valence-electron chi connectivity index (χ4n) is 3.96. The van der Waals surface area contributed by atoms with Gasteiger partial charge in [0.25, 0.3) is 0 Å². The number of nitrogens with one attached hydrogen (secondary N) is 1. The second-order valence-corrected chi connectivity index (χ2v) is 8.12. The zero-order chi connectivity index (χ0) is 25.5. The van der Waals surface area contributed by atoms with E-state index < -0.39 is 30.1 Å². The lowest BCUT2D eigenvalue weighted by Crippen LogP contribution is -2.40. The Morgan fingerprint density at radius 3 is 1.94 bits per heavy atom. The van der Waals surface area contributed by atoms with Crippen molar-refractivity contribution in [2.75, 3.05) is 11.9 Å². The Morgan fingerprint density at radius 1 is 0.806 bits per heavy atom. The summed E-state index contributed by atoms with van der Waals surface area (Å²) in [5.41, 5.74) is 0.110. The molecule has 184 valence electrons. The largest absolute Gasteiger partial charge is 0.467 e. The maximum atomic E-state index is 13.9. The highest BCUT2D eigenvalue weighted by molar-refractivity contribution is 5.96. The minimum absolute atomic E-state index is 0.0314. The molecule has 1 heterocycles. The highest BCUT2D eigenvalue weighted by Gasteiger charge is 2.34. The third-order valence-corrected chi connectivity index (χ3v) is 5.59. The summed E-state index contributed by atoms with van der Waals surface area (Å²) in [5, 5.41) is 2.32. The van der Waals surface area contributed by atoms with Gasteiger partial charge in [0.1, 0.15) is 12.3 Å². The van der Waals surface area contributed by atoms with E-state index in [-0.39, 0.29) is 18.1 Å². The summed E-state index contributed by atoms with van der Waals surface area (Å²) in [7, 11) is 0. The smallest absolute Gasteiger partial charge is 0.418 e. The first-order chi connectivity index (χ1) is 17.3. The number of furan rings is 1. The maximum Gasteiger partial charge on any atom is 0.418 e. The highest BCUT2D eigenvalue weighted by atomic mass is 19.4. The Balaban J connectivity index is 1.64. The lowest BCUT2D eigenvalue weighted by molar-refractivity contribution is -0.137. The molecule has 0 radical (unpaired) electrons. The van der Waals surface area contributed by atoms with Crippen LogP contribution in [0.5, 0.6) is 0 Å². The van der Waals surface area contributed by atoms with Gasteiger partial charge >= 0.3 is 6.18 Å². The molecule has 0 unspecified atom stereocenters. The number of benzene rings is 3. The number of halogens is 3. The molecule has 0 bridgehead atoms. The first-order valence-electron chi connectivity index (χ1n) is 11.2. The molecule has 0 atom stereocenters. The SMILES string of the molecule is O=C(CN(Cc1ccco1)C(=O)C(c1ccccc1)c1ccccc1)Nc1ccccc1C(F)(F)F. The van der Waals surface area contributed by atoms with Gasteiger partial charge in [-0.3, -0.25) is 9.59 Å². The quantitative estimate of drug-likeness (QED) is 0.323. The number of anilines is 1. The number of hydrogen-bond acceptors (Lipinski definition) is 3. The first-order valence-corrected chi connectivity index (χ1v) is 11.2. The summed E-state index contributed by atoms with van der Waals surface area (Å²) < 4.78 is 45.6. The van der Waals surface area contributed by atoms with Crippen molar-refractivity contribution in [3.8, 4) is 0 Å². The molecule has 3 aromatic carbocycles. The highest BCUT2D eigenvalue weighted by Crippen LogP contribution is 2.34. The van der Waals surface area contributed by atoms with Crippen LogP contribution in [-0.4, -0.2) is 23.3 Å². The number of carbonyl (C=O) groups excluding carboxylic acids is 2. The molecule has 0 saturated carbocycles. The monoisotopic (exact) mass is 492 g/mol. The number of amides is 2. The number of rotatable bonds is 8. The summed E-state index contributed by atoms with van der Waals surface area (Å²) in [5.74, 6) is -1.43. The molecule has 0 aliphatic heterocycles. The van der Waals surface area contributed by atoms with E-state index in [2.05, 4.69) is 5.32 Å². The van der Waals surface area contributed by atoms with Crippen molar-refractivity contribution < 1.29 is 27.2 Å². The molecule has 1 aromatic heterocycles. The van der Waals surface area contributed by atoms with E-state index in [0.29, 0.717) is 5.76 Å². The summed E-state index contributed by atoms with van der Waals surface area (Å²) in [6.07, 6.45) is -3.19. The zero-order valence-corrected chi connectivity index (χ0v) is 19.1. The van der Waals surface area contributed by atoms with Crippen molar-refractivity contribution in [2.24, 2.45) is 0 Å². The topological polar surface area (TPSA) is 62.6 Å². The van der Waals surface area contributed by atoms with Crippen molar-refractivity contribution in [1.82, 2.24) is 4.90 Å². The second kappa shape index (κ2) is 10.9. The van der Waals surface area contributed by atoms with Gasteiger partial charge in [0.05, 0.1) is 30.0 Å². The van der Waals surface area contributed by atoms with Crippen molar-refractivity contribution in [1.29, 1.82) is 0 Å². The molecule has 0 spiro atoms. The summed E-state index contributed by atoms with van der Waals surface area (Å²) in [6.45, 7) is -0.502. The molecule has 2 amide bonds. The average molecular weight is 492 g/mol. The van der Waals surface area contributed by atoms with Crippen LogP contribution in [-0.2, 0) is 22.3 Å². The Kier molecular flexibility index (Phi) is 7.53. The van der Waals surface area contributed by atoms with Gasteiger partial charge in [-0.25, -0.2) is 0 Å². The van der Waals surface area contributed by atoms with Crippen molar-refractivity contribution in [3.05, 3.63) is 126 Å². The molecular weight excluding hydrogens is 469 g/mol. The number of para-hydroxylation sites is 1. The van der Waals surface area contributed by atoms with E-state index in [0.717, 1.165) is 17.2 Å². The summed E-state index contributed by atoms with van der Waals surface area (Å²) in [6, 6.07) is 26.2. The molecule has 0 aliphatic carbocycles. The van der Waals surface area contributed by atoms with Gasteiger partial charge in [-0.15, -0.1) is 0 Å². The predicted molar refractivity (Wildman–Crippen MR) is 129 cm³/mol. The Labute approximate surface area is 206 Å². The lowest BCUT2D eigenvalue weighted by atomic mass is 9.90. The molecular formula is C28H23F3N2O3. The van der Waals surface area contributed by atoms with Crippen LogP contribution in [0.4, 0.5) is 18.9 Å². The minimum Gasteiger partial charge on any atom is -0.467 e. The van der Waals surface area contributed by atoms with Crippen LogP contribution >= 0.6 is 0 Å². The molecule has 8 heteroatoms. The number of hydrogen-bond donors (Lipinski definition) is 1. The van der Waals surface area contributed by atoms with Gasteiger partial charge in [0.15, 0.2) is 0 Å². The molecule has 1 N–H and O–H groups in total. The second-order valence-electron chi connectivity index (χ2n) is 8.12. The maximum absolute atomic E-state index is 13.9. The van der Waals surface area contributed by atoms with Gasteiger partial charge in [0.2, 0.25) is 11.8 Å². The van der Waals surface area contributed by atoms with E-state index in [1.54, 1.807) is 12.1 Å². The van der Waals surface area contributed by atoms with Gasteiger partial charge < -0.3 is 14.6 Å². The summed E-state index contributed by atoms with van der Waals surface area (Å²) in [4.78, 5) is 28.1. The predicted octanol–water partition coefficient (Wildman–Crippen LogP) is 6.10. The molecule has 0 saturated heterocycles. The average Bonchev–Trinajstić information content (AvgIpc) is 3.38. The minimum atomic E-state index is -4.64. The molecule has 5 nitrogen and oxygen atoms in total. The summed E-state index contributed by atoms with van der Waals surface area (Å²) >= 11 is 0. The molecule has 4 rings (SSSR count). The third-order valence-electron chi connectivity index (χ3n) is 5.59. The normalized spacial score (nSPS) is 11.3. The Morgan fingerprint density at radius 2 is 1.39 bits per heavy atom. The number of alkyl halides is 3. The van der Waals surface area contributed by atoms with Gasteiger partial charge in [0, 0.05) is 0 Å².